The van der Waals surface area contributed by atoms with Crippen LogP contribution in [0, 0.1) is 0 Å². The summed E-state index contributed by atoms with van der Waals surface area (Å²) in [6.45, 7) is 3.56. The molecule has 2 aliphatic rings. The van der Waals surface area contributed by atoms with Crippen molar-refractivity contribution in [2.45, 2.75) is 63.1 Å². The van der Waals surface area contributed by atoms with Crippen molar-refractivity contribution in [2.24, 2.45) is 5.73 Å². The van der Waals surface area contributed by atoms with Crippen LogP contribution in [0.1, 0.15) is 55.8 Å². The van der Waals surface area contributed by atoms with Gasteiger partial charge in [-0.25, -0.2) is 4.98 Å². The maximum Gasteiger partial charge on any atom is 0.254 e. The molecule has 5 N–H and O–H groups in total. The summed E-state index contributed by atoms with van der Waals surface area (Å²) < 4.78 is 0. The summed E-state index contributed by atoms with van der Waals surface area (Å²) in [5.41, 5.74) is 5.16. The number of hydrogen-bond donors (Lipinski definition) is 4. The Bertz CT molecular complexity index is 650. The number of aliphatic hydroxyl groups is 1. The van der Waals surface area contributed by atoms with Crippen LogP contribution in [0.25, 0.3) is 0 Å². The third kappa shape index (κ3) is 5.27. The molecule has 3 rings (SSSR count). The van der Waals surface area contributed by atoms with Crippen molar-refractivity contribution in [2.75, 3.05) is 30.8 Å². The Morgan fingerprint density at radius 3 is 2.48 bits per heavy atom. The van der Waals surface area contributed by atoms with E-state index in [1.165, 1.54) is 6.20 Å². The van der Waals surface area contributed by atoms with Gasteiger partial charge in [-0.15, -0.1) is 0 Å². The fourth-order valence-electron chi connectivity index (χ4n) is 3.68. The molecule has 0 unspecified atom stereocenters. The number of aromatic nitrogens is 2. The average molecular weight is 378 g/mol. The van der Waals surface area contributed by atoms with Gasteiger partial charge >= 0.3 is 0 Å². The Hall–Kier alpha value is -1.97. The van der Waals surface area contributed by atoms with Gasteiger partial charge in [0.05, 0.1) is 18.3 Å². The van der Waals surface area contributed by atoms with E-state index in [0.717, 1.165) is 38.8 Å². The van der Waals surface area contributed by atoms with Gasteiger partial charge in [0.25, 0.3) is 5.91 Å². The van der Waals surface area contributed by atoms with E-state index in [9.17, 15) is 9.90 Å². The second kappa shape index (κ2) is 8.37. The van der Waals surface area contributed by atoms with Crippen molar-refractivity contribution in [3.63, 3.8) is 0 Å². The summed E-state index contributed by atoms with van der Waals surface area (Å²) >= 11 is 0. The number of amides is 1. The van der Waals surface area contributed by atoms with Gasteiger partial charge in [-0.1, -0.05) is 0 Å². The summed E-state index contributed by atoms with van der Waals surface area (Å²) in [6, 6.07) is 0.407. The lowest BCUT2D eigenvalue weighted by molar-refractivity contribution is -0.142. The van der Waals surface area contributed by atoms with Gasteiger partial charge < -0.3 is 26.3 Å². The molecule has 2 fully saturated rings. The zero-order chi connectivity index (χ0) is 19.4. The minimum Gasteiger partial charge on any atom is -0.390 e. The molecule has 1 saturated heterocycles. The smallest absolute Gasteiger partial charge is 0.254 e. The van der Waals surface area contributed by atoms with E-state index in [1.807, 2.05) is 12.0 Å². The van der Waals surface area contributed by atoms with Crippen LogP contribution in [0.3, 0.4) is 0 Å². The number of hydroxylamine groups is 2. The van der Waals surface area contributed by atoms with Crippen molar-refractivity contribution in [1.82, 2.24) is 15.0 Å². The minimum atomic E-state index is -0.611. The lowest BCUT2D eigenvalue weighted by Crippen LogP contribution is -2.39. The highest BCUT2D eigenvalue weighted by atomic mass is 16.7. The number of piperidine rings is 1. The Balaban J connectivity index is 1.67. The first-order valence-corrected chi connectivity index (χ1v) is 9.57. The standard InChI is InChI=1S/C18H30N6O3/c1-18(26)7-3-12(4-8-18)21-16-14(15(19)25)11-20-17(23-16)22-13-5-9-24(27-2)10-6-13/h11-13,26H,3-10H2,1-2H3,(H2,19,25)(H2,20,21,22,23)/t12-,18+. The van der Waals surface area contributed by atoms with Crippen LogP contribution in [-0.4, -0.2) is 63.9 Å². The fraction of sp³-hybridized carbons (Fsp3) is 0.722. The number of carbonyl (C=O) groups is 1. The van der Waals surface area contributed by atoms with E-state index >= 15 is 0 Å². The van der Waals surface area contributed by atoms with Gasteiger partial charge in [0.2, 0.25) is 5.95 Å². The number of hydrogen-bond acceptors (Lipinski definition) is 8. The second-order valence-corrected chi connectivity index (χ2v) is 7.77. The molecule has 1 aliphatic heterocycles. The molecule has 0 aromatic carbocycles. The van der Waals surface area contributed by atoms with E-state index in [1.54, 1.807) is 7.11 Å². The topological polar surface area (TPSA) is 126 Å². The number of carbonyl (C=O) groups excluding carboxylic acids is 1. The van der Waals surface area contributed by atoms with Crippen molar-refractivity contribution >= 4 is 17.7 Å². The van der Waals surface area contributed by atoms with E-state index in [4.69, 9.17) is 10.6 Å². The number of nitrogens with one attached hydrogen (secondary N) is 2. The molecule has 0 radical (unpaired) electrons. The van der Waals surface area contributed by atoms with E-state index < -0.39 is 11.5 Å². The second-order valence-electron chi connectivity index (χ2n) is 7.77. The lowest BCUT2D eigenvalue weighted by atomic mass is 9.83. The molecule has 9 nitrogen and oxygen atoms in total. The Morgan fingerprint density at radius 1 is 1.26 bits per heavy atom. The highest BCUT2D eigenvalue weighted by molar-refractivity contribution is 5.97. The van der Waals surface area contributed by atoms with E-state index in [0.29, 0.717) is 24.6 Å². The maximum atomic E-state index is 11.8. The van der Waals surface area contributed by atoms with Crippen molar-refractivity contribution in [3.05, 3.63) is 11.8 Å². The third-order valence-electron chi connectivity index (χ3n) is 5.50. The van der Waals surface area contributed by atoms with Gasteiger partial charge in [0.1, 0.15) is 5.82 Å². The van der Waals surface area contributed by atoms with Gasteiger partial charge in [0.15, 0.2) is 0 Å². The molecule has 1 aliphatic carbocycles. The molecular weight excluding hydrogens is 348 g/mol. The van der Waals surface area contributed by atoms with Crippen molar-refractivity contribution in [3.8, 4) is 0 Å². The third-order valence-corrected chi connectivity index (χ3v) is 5.50. The maximum absolute atomic E-state index is 11.8. The van der Waals surface area contributed by atoms with Crippen LogP contribution in [0.2, 0.25) is 0 Å². The number of rotatable bonds is 6. The molecule has 0 atom stereocenters. The first-order valence-electron chi connectivity index (χ1n) is 9.57. The zero-order valence-corrected chi connectivity index (χ0v) is 16.1. The first kappa shape index (κ1) is 19.8. The quantitative estimate of drug-likeness (QED) is 0.580. The molecule has 150 valence electrons. The molecule has 1 amide bonds. The van der Waals surface area contributed by atoms with Crippen LogP contribution in [-0.2, 0) is 4.84 Å². The summed E-state index contributed by atoms with van der Waals surface area (Å²) in [5.74, 6) is 0.391. The van der Waals surface area contributed by atoms with Gasteiger partial charge in [-0.3, -0.25) is 4.79 Å². The fourth-order valence-corrected chi connectivity index (χ4v) is 3.68. The van der Waals surface area contributed by atoms with Crippen LogP contribution in [0.5, 0.6) is 0 Å². The van der Waals surface area contributed by atoms with Crippen molar-refractivity contribution < 1.29 is 14.7 Å². The molecule has 1 aromatic rings. The SMILES string of the molecule is CON1CCC(Nc2ncc(C(N)=O)c(N[C@H]3CC[C@@](C)(O)CC3)n2)CC1. The molecule has 1 aromatic heterocycles. The van der Waals surface area contributed by atoms with E-state index in [2.05, 4.69) is 20.6 Å². The highest BCUT2D eigenvalue weighted by Gasteiger charge is 2.29. The van der Waals surface area contributed by atoms with Gasteiger partial charge in [-0.2, -0.15) is 10.0 Å². The first-order chi connectivity index (χ1) is 12.9. The number of nitrogens with zero attached hydrogens (tertiary/aromatic N) is 3. The van der Waals surface area contributed by atoms with Crippen molar-refractivity contribution in [1.29, 1.82) is 0 Å². The van der Waals surface area contributed by atoms with Gasteiger partial charge in [0, 0.05) is 31.4 Å². The van der Waals surface area contributed by atoms with Crippen LogP contribution < -0.4 is 16.4 Å². The molecular formula is C18H30N6O3. The van der Waals surface area contributed by atoms with Gasteiger partial charge in [-0.05, 0) is 45.4 Å². The highest BCUT2D eigenvalue weighted by Crippen LogP contribution is 2.30. The molecule has 27 heavy (non-hydrogen) atoms. The molecule has 2 heterocycles. The van der Waals surface area contributed by atoms with Crippen LogP contribution in [0.4, 0.5) is 11.8 Å². The predicted molar refractivity (Wildman–Crippen MR) is 102 cm³/mol. The Kier molecular flexibility index (Phi) is 6.13. The minimum absolute atomic E-state index is 0.149. The average Bonchev–Trinajstić information content (AvgIpc) is 2.64. The lowest BCUT2D eigenvalue weighted by Gasteiger charge is -2.34. The zero-order valence-electron chi connectivity index (χ0n) is 16.1. The Labute approximate surface area is 159 Å². The largest absolute Gasteiger partial charge is 0.390 e. The van der Waals surface area contributed by atoms with Crippen LogP contribution in [0.15, 0.2) is 6.20 Å². The predicted octanol–water partition coefficient (Wildman–Crippen LogP) is 1.12. The number of nitrogens with two attached hydrogens (primary N) is 1. The normalized spacial score (nSPS) is 27.3. The summed E-state index contributed by atoms with van der Waals surface area (Å²) in [4.78, 5) is 25.8. The summed E-state index contributed by atoms with van der Waals surface area (Å²) in [7, 11) is 1.68. The Morgan fingerprint density at radius 2 is 1.89 bits per heavy atom. The molecule has 9 heteroatoms. The number of primary amides is 1. The molecule has 1 saturated carbocycles. The molecule has 0 spiro atoms. The van der Waals surface area contributed by atoms with Crippen LogP contribution >= 0.6 is 0 Å². The summed E-state index contributed by atoms with van der Waals surface area (Å²) in [5, 5.41) is 18.7. The molecule has 0 bridgehead atoms. The number of anilines is 2. The summed E-state index contributed by atoms with van der Waals surface area (Å²) in [6.07, 6.45) is 6.38. The monoisotopic (exact) mass is 378 g/mol. The van der Waals surface area contributed by atoms with E-state index in [-0.39, 0.29) is 17.6 Å².